The maximum absolute atomic E-state index is 5.09. The van der Waals surface area contributed by atoms with Gasteiger partial charge >= 0.3 is 0 Å². The first kappa shape index (κ1) is 11.0. The number of rotatable bonds is 1. The van der Waals surface area contributed by atoms with E-state index in [0.29, 0.717) is 0 Å². The molecule has 0 saturated carbocycles. The zero-order valence-corrected chi connectivity index (χ0v) is 8.51. The average Bonchev–Trinajstić information content (AvgIpc) is 2.13. The minimum absolute atomic E-state index is 0.910. The van der Waals surface area contributed by atoms with Gasteiger partial charge in [0.15, 0.2) is 0 Å². The standard InChI is InChI=1S/C8H11NO.C2H6/c1-6-7(2)9-5-4-8(6)10-3;1-2/h4-5H,1-3H3;1-2H3. The van der Waals surface area contributed by atoms with Crippen LogP contribution in [0.15, 0.2) is 12.3 Å². The number of nitrogens with zero attached hydrogens (tertiary/aromatic N) is 1. The van der Waals surface area contributed by atoms with E-state index in [1.807, 2.05) is 33.8 Å². The number of pyridine rings is 1. The molecule has 1 aromatic heterocycles. The summed E-state index contributed by atoms with van der Waals surface area (Å²) >= 11 is 0. The third kappa shape index (κ3) is 2.53. The lowest BCUT2D eigenvalue weighted by atomic mass is 10.2. The summed E-state index contributed by atoms with van der Waals surface area (Å²) in [7, 11) is 1.67. The van der Waals surface area contributed by atoms with Crippen LogP contribution >= 0.6 is 0 Å². The van der Waals surface area contributed by atoms with Gasteiger partial charge in [0.2, 0.25) is 0 Å². The lowest BCUT2D eigenvalue weighted by Gasteiger charge is -2.04. The Morgan fingerprint density at radius 3 is 2.25 bits per heavy atom. The molecule has 0 bridgehead atoms. The van der Waals surface area contributed by atoms with Gasteiger partial charge < -0.3 is 4.74 Å². The van der Waals surface area contributed by atoms with Crippen molar-refractivity contribution < 1.29 is 4.74 Å². The van der Waals surface area contributed by atoms with Crippen LogP contribution in [0.2, 0.25) is 0 Å². The molecule has 1 rings (SSSR count). The monoisotopic (exact) mass is 167 g/mol. The van der Waals surface area contributed by atoms with E-state index in [0.717, 1.165) is 17.0 Å². The zero-order valence-electron chi connectivity index (χ0n) is 8.51. The second kappa shape index (κ2) is 5.58. The highest BCUT2D eigenvalue weighted by Crippen LogP contribution is 2.17. The maximum Gasteiger partial charge on any atom is 0.125 e. The largest absolute Gasteiger partial charge is 0.496 e. The molecule has 1 heterocycles. The number of hydrogen-bond acceptors (Lipinski definition) is 2. The molecule has 2 nitrogen and oxygen atoms in total. The molecule has 0 saturated heterocycles. The van der Waals surface area contributed by atoms with Gasteiger partial charge in [0.25, 0.3) is 0 Å². The van der Waals surface area contributed by atoms with Crippen LogP contribution in [0.1, 0.15) is 25.1 Å². The first-order valence-electron chi connectivity index (χ1n) is 4.22. The molecule has 0 radical (unpaired) electrons. The van der Waals surface area contributed by atoms with E-state index in [1.54, 1.807) is 13.3 Å². The van der Waals surface area contributed by atoms with Crippen LogP contribution < -0.4 is 4.74 Å². The first-order chi connectivity index (χ1) is 5.75. The fraction of sp³-hybridized carbons (Fsp3) is 0.500. The van der Waals surface area contributed by atoms with Gasteiger partial charge in [0, 0.05) is 17.5 Å². The third-order valence-corrected chi connectivity index (χ3v) is 1.63. The Morgan fingerprint density at radius 1 is 1.25 bits per heavy atom. The smallest absolute Gasteiger partial charge is 0.125 e. The zero-order chi connectivity index (χ0) is 9.56. The normalized spacial score (nSPS) is 8.42. The van der Waals surface area contributed by atoms with Crippen molar-refractivity contribution in [2.75, 3.05) is 7.11 Å². The van der Waals surface area contributed by atoms with Crippen LogP contribution in [0.3, 0.4) is 0 Å². The molecule has 1 aromatic rings. The summed E-state index contributed by atoms with van der Waals surface area (Å²) in [4.78, 5) is 4.11. The summed E-state index contributed by atoms with van der Waals surface area (Å²) in [6.07, 6.45) is 1.75. The molecule has 68 valence electrons. The Labute approximate surface area is 74.6 Å². The minimum atomic E-state index is 0.910. The first-order valence-corrected chi connectivity index (χ1v) is 4.22. The molecule has 0 atom stereocenters. The Hall–Kier alpha value is -1.05. The topological polar surface area (TPSA) is 22.1 Å². The minimum Gasteiger partial charge on any atom is -0.496 e. The molecule has 0 aromatic carbocycles. The summed E-state index contributed by atoms with van der Waals surface area (Å²) in [5.74, 6) is 0.910. The molecule has 0 N–H and O–H groups in total. The van der Waals surface area contributed by atoms with Crippen LogP contribution in [-0.4, -0.2) is 12.1 Å². The van der Waals surface area contributed by atoms with Crippen molar-refractivity contribution in [3.05, 3.63) is 23.5 Å². The fourth-order valence-electron chi connectivity index (χ4n) is 0.838. The Balaban J connectivity index is 0.000000561. The highest BCUT2D eigenvalue weighted by Gasteiger charge is 1.98. The van der Waals surface area contributed by atoms with E-state index in [4.69, 9.17) is 4.74 Å². The Morgan fingerprint density at radius 2 is 1.83 bits per heavy atom. The van der Waals surface area contributed by atoms with E-state index in [-0.39, 0.29) is 0 Å². The molecule has 0 fully saturated rings. The van der Waals surface area contributed by atoms with Crippen LogP contribution in [0, 0.1) is 13.8 Å². The van der Waals surface area contributed by atoms with Gasteiger partial charge in [0.1, 0.15) is 5.75 Å². The second-order valence-corrected chi connectivity index (χ2v) is 2.22. The van der Waals surface area contributed by atoms with Crippen LogP contribution in [0.5, 0.6) is 5.75 Å². The van der Waals surface area contributed by atoms with Crippen LogP contribution in [0.4, 0.5) is 0 Å². The van der Waals surface area contributed by atoms with E-state index in [9.17, 15) is 0 Å². The van der Waals surface area contributed by atoms with Crippen LogP contribution in [0.25, 0.3) is 0 Å². The predicted octanol–water partition coefficient (Wildman–Crippen LogP) is 2.73. The highest BCUT2D eigenvalue weighted by molar-refractivity contribution is 5.33. The summed E-state index contributed by atoms with van der Waals surface area (Å²) in [6.45, 7) is 7.97. The maximum atomic E-state index is 5.09. The van der Waals surface area contributed by atoms with E-state index >= 15 is 0 Å². The van der Waals surface area contributed by atoms with E-state index < -0.39 is 0 Å². The third-order valence-electron chi connectivity index (χ3n) is 1.63. The van der Waals surface area contributed by atoms with Crippen molar-refractivity contribution in [1.29, 1.82) is 0 Å². The fourth-order valence-corrected chi connectivity index (χ4v) is 0.838. The molecule has 0 aliphatic rings. The lowest BCUT2D eigenvalue weighted by molar-refractivity contribution is 0.410. The Bertz CT molecular complexity index is 233. The quantitative estimate of drug-likeness (QED) is 0.641. The summed E-state index contributed by atoms with van der Waals surface area (Å²) in [5.41, 5.74) is 2.14. The highest BCUT2D eigenvalue weighted by atomic mass is 16.5. The van der Waals surface area contributed by atoms with Crippen molar-refractivity contribution in [2.24, 2.45) is 0 Å². The molecule has 12 heavy (non-hydrogen) atoms. The SMILES string of the molecule is CC.COc1ccnc(C)c1C. The van der Waals surface area contributed by atoms with Crippen molar-refractivity contribution in [3.8, 4) is 5.75 Å². The van der Waals surface area contributed by atoms with Crippen molar-refractivity contribution in [2.45, 2.75) is 27.7 Å². The molecule has 0 unspecified atom stereocenters. The number of aryl methyl sites for hydroxylation is 1. The van der Waals surface area contributed by atoms with Crippen LogP contribution in [-0.2, 0) is 0 Å². The van der Waals surface area contributed by atoms with Gasteiger partial charge in [-0.25, -0.2) is 0 Å². The predicted molar refractivity (Wildman–Crippen MR) is 51.6 cm³/mol. The van der Waals surface area contributed by atoms with E-state index in [1.165, 1.54) is 0 Å². The second-order valence-electron chi connectivity index (χ2n) is 2.22. The summed E-state index contributed by atoms with van der Waals surface area (Å²) in [6, 6.07) is 1.86. The molecular weight excluding hydrogens is 150 g/mol. The van der Waals surface area contributed by atoms with E-state index in [2.05, 4.69) is 4.98 Å². The molecule has 0 aliphatic carbocycles. The van der Waals surface area contributed by atoms with Crippen molar-refractivity contribution in [3.63, 3.8) is 0 Å². The van der Waals surface area contributed by atoms with Crippen molar-refractivity contribution in [1.82, 2.24) is 4.98 Å². The molecule has 0 spiro atoms. The van der Waals surface area contributed by atoms with Gasteiger partial charge in [-0.1, -0.05) is 13.8 Å². The lowest BCUT2D eigenvalue weighted by Crippen LogP contribution is -1.91. The van der Waals surface area contributed by atoms with Gasteiger partial charge in [0.05, 0.1) is 7.11 Å². The number of ether oxygens (including phenoxy) is 1. The number of hydrogen-bond donors (Lipinski definition) is 0. The van der Waals surface area contributed by atoms with Gasteiger partial charge in [-0.05, 0) is 19.9 Å². The summed E-state index contributed by atoms with van der Waals surface area (Å²) in [5, 5.41) is 0. The molecule has 2 heteroatoms. The Kier molecular flexibility index (Phi) is 5.09. The molecular formula is C10H17NO. The van der Waals surface area contributed by atoms with Crippen molar-refractivity contribution >= 4 is 0 Å². The number of aromatic nitrogens is 1. The van der Waals surface area contributed by atoms with Gasteiger partial charge in [-0.2, -0.15) is 0 Å². The molecule has 0 amide bonds. The molecule has 0 aliphatic heterocycles. The van der Waals surface area contributed by atoms with Gasteiger partial charge in [-0.15, -0.1) is 0 Å². The number of methoxy groups -OCH3 is 1. The van der Waals surface area contributed by atoms with Gasteiger partial charge in [-0.3, -0.25) is 4.98 Å². The average molecular weight is 167 g/mol. The summed E-state index contributed by atoms with van der Waals surface area (Å²) < 4.78 is 5.09.